The first-order valence-electron chi connectivity index (χ1n) is 13.5. The van der Waals surface area contributed by atoms with E-state index in [2.05, 4.69) is 20.1 Å². The Morgan fingerprint density at radius 2 is 1.76 bits per heavy atom. The topological polar surface area (TPSA) is 122 Å². The zero-order valence-electron chi connectivity index (χ0n) is 21.3. The van der Waals surface area contributed by atoms with Gasteiger partial charge in [0.1, 0.15) is 6.04 Å². The molecular weight excluding hydrogens is 496 g/mol. The summed E-state index contributed by atoms with van der Waals surface area (Å²) in [5, 5.41) is 4.34. The van der Waals surface area contributed by atoms with Crippen molar-refractivity contribution in [2.45, 2.75) is 51.0 Å². The van der Waals surface area contributed by atoms with Crippen LogP contribution in [0.15, 0.2) is 22.8 Å². The lowest BCUT2D eigenvalue weighted by molar-refractivity contribution is -0.134. The number of rotatable bonds is 6. The first-order chi connectivity index (χ1) is 18.5. The van der Waals surface area contributed by atoms with E-state index in [1.54, 1.807) is 18.4 Å². The Morgan fingerprint density at radius 3 is 2.45 bits per heavy atom. The Hall–Kier alpha value is -3.35. The molecule has 3 aromatic rings. The van der Waals surface area contributed by atoms with Crippen LogP contribution in [-0.2, 0) is 4.79 Å². The lowest BCUT2D eigenvalue weighted by Crippen LogP contribution is -2.50. The summed E-state index contributed by atoms with van der Waals surface area (Å²) in [6.07, 6.45) is 4.73. The van der Waals surface area contributed by atoms with Gasteiger partial charge in [-0.3, -0.25) is 9.69 Å². The minimum absolute atomic E-state index is 0.104. The van der Waals surface area contributed by atoms with Gasteiger partial charge in [-0.05, 0) is 75.6 Å². The quantitative estimate of drug-likeness (QED) is 0.513. The standard InChI is InChI=1S/C25H33F2N9O2/c26-20(27)15-33-10-5-16(6-11-33)17-7-12-34(13-8-17)22(37)18-3-1-9-35(18)24-30-23(28)36-25(31-24)29-21(32-36)19-4-2-14-38-19/h2,4,14,16-18,20H,1,3,5-13,15H2,(H2,28,29,30,31,32)/t18-/m0/s1. The van der Waals surface area contributed by atoms with Gasteiger partial charge in [0.05, 0.1) is 12.8 Å². The van der Waals surface area contributed by atoms with Gasteiger partial charge in [0, 0.05) is 19.6 Å². The summed E-state index contributed by atoms with van der Waals surface area (Å²) >= 11 is 0. The Bertz CT molecular complexity index is 1250. The van der Waals surface area contributed by atoms with Crippen LogP contribution < -0.4 is 10.6 Å². The van der Waals surface area contributed by atoms with Crippen LogP contribution in [0.1, 0.15) is 38.5 Å². The van der Waals surface area contributed by atoms with Gasteiger partial charge in [0.2, 0.25) is 23.6 Å². The Balaban J connectivity index is 1.09. The zero-order chi connectivity index (χ0) is 26.2. The average molecular weight is 530 g/mol. The fraction of sp³-hybridized carbons (Fsp3) is 0.640. The van der Waals surface area contributed by atoms with Crippen LogP contribution >= 0.6 is 0 Å². The summed E-state index contributed by atoms with van der Waals surface area (Å²) < 4.78 is 32.1. The lowest BCUT2D eigenvalue weighted by Gasteiger charge is -2.41. The van der Waals surface area contributed by atoms with Gasteiger partial charge in [0.15, 0.2) is 5.76 Å². The van der Waals surface area contributed by atoms with E-state index in [0.717, 1.165) is 64.7 Å². The minimum atomic E-state index is -2.27. The molecule has 0 aliphatic carbocycles. The van der Waals surface area contributed by atoms with E-state index in [0.29, 0.717) is 41.7 Å². The Labute approximate surface area is 219 Å². The normalized spacial score (nSPS) is 22.2. The molecule has 204 valence electrons. The van der Waals surface area contributed by atoms with Gasteiger partial charge in [-0.25, -0.2) is 8.78 Å². The van der Waals surface area contributed by atoms with Crippen molar-refractivity contribution < 1.29 is 18.0 Å². The third kappa shape index (κ3) is 4.91. The molecule has 0 saturated carbocycles. The van der Waals surface area contributed by atoms with Gasteiger partial charge in [0.25, 0.3) is 12.2 Å². The number of fused-ring (bicyclic) bond motifs is 1. The number of aromatic nitrogens is 5. The summed E-state index contributed by atoms with van der Waals surface area (Å²) in [4.78, 5) is 32.9. The van der Waals surface area contributed by atoms with E-state index in [9.17, 15) is 13.6 Å². The van der Waals surface area contributed by atoms with E-state index in [1.807, 2.05) is 14.7 Å². The number of amides is 1. The van der Waals surface area contributed by atoms with Crippen LogP contribution in [0.5, 0.6) is 0 Å². The fourth-order valence-electron chi connectivity index (χ4n) is 6.30. The molecule has 0 unspecified atom stereocenters. The average Bonchev–Trinajstić information content (AvgIpc) is 3.69. The van der Waals surface area contributed by atoms with Crippen molar-refractivity contribution in [3.8, 4) is 11.6 Å². The molecule has 3 aliphatic heterocycles. The number of nitrogens with two attached hydrogens (primary N) is 1. The summed E-state index contributed by atoms with van der Waals surface area (Å²) in [6.45, 7) is 3.48. The molecule has 6 heterocycles. The van der Waals surface area contributed by atoms with Crippen molar-refractivity contribution in [3.63, 3.8) is 0 Å². The predicted molar refractivity (Wildman–Crippen MR) is 136 cm³/mol. The summed E-state index contributed by atoms with van der Waals surface area (Å²) in [6, 6.07) is 3.18. The fourth-order valence-corrected chi connectivity index (χ4v) is 6.30. The number of carbonyl (C=O) groups is 1. The Kier molecular flexibility index (Phi) is 6.85. The van der Waals surface area contributed by atoms with Gasteiger partial charge in [-0.1, -0.05) is 0 Å². The number of piperidine rings is 2. The van der Waals surface area contributed by atoms with E-state index in [4.69, 9.17) is 10.2 Å². The number of nitrogens with zero attached hydrogens (tertiary/aromatic N) is 8. The molecule has 3 aliphatic rings. The van der Waals surface area contributed by atoms with Gasteiger partial charge in [-0.15, -0.1) is 5.10 Å². The number of furan rings is 1. The highest BCUT2D eigenvalue weighted by Gasteiger charge is 2.38. The number of halogens is 2. The highest BCUT2D eigenvalue weighted by atomic mass is 19.3. The molecule has 0 spiro atoms. The molecular formula is C25H33F2N9O2. The first-order valence-corrected chi connectivity index (χ1v) is 13.5. The number of nitrogen functional groups attached to an aromatic ring is 1. The second-order valence-electron chi connectivity index (χ2n) is 10.5. The van der Waals surface area contributed by atoms with Gasteiger partial charge in [-0.2, -0.15) is 19.5 Å². The van der Waals surface area contributed by atoms with Crippen molar-refractivity contribution in [1.82, 2.24) is 34.4 Å². The first kappa shape index (κ1) is 25.0. The van der Waals surface area contributed by atoms with E-state index in [-0.39, 0.29) is 24.4 Å². The zero-order valence-corrected chi connectivity index (χ0v) is 21.3. The SMILES string of the molecule is Nc1nc(N2CCC[C@H]2C(=O)N2CCC(C3CCN(CC(F)F)CC3)CC2)nc2nc(-c3ccco3)nn12. The number of likely N-dealkylation sites (tertiary alicyclic amines) is 2. The van der Waals surface area contributed by atoms with Crippen molar-refractivity contribution in [3.05, 3.63) is 18.4 Å². The molecule has 1 amide bonds. The number of anilines is 2. The second kappa shape index (κ2) is 10.4. The summed E-state index contributed by atoms with van der Waals surface area (Å²) in [5.74, 6) is 2.92. The molecule has 1 atom stereocenters. The third-order valence-electron chi connectivity index (χ3n) is 8.30. The maximum absolute atomic E-state index is 13.6. The maximum Gasteiger partial charge on any atom is 0.259 e. The number of alkyl halides is 2. The minimum Gasteiger partial charge on any atom is -0.461 e. The molecule has 2 N–H and O–H groups in total. The summed E-state index contributed by atoms with van der Waals surface area (Å²) in [7, 11) is 0. The molecule has 11 nitrogen and oxygen atoms in total. The maximum atomic E-state index is 13.6. The van der Waals surface area contributed by atoms with Crippen LogP contribution in [0, 0.1) is 11.8 Å². The Morgan fingerprint density at radius 1 is 1.03 bits per heavy atom. The molecule has 13 heteroatoms. The number of carbonyl (C=O) groups excluding carboxylic acids is 1. The molecule has 0 aromatic carbocycles. The lowest BCUT2D eigenvalue weighted by atomic mass is 9.78. The molecule has 0 radical (unpaired) electrons. The van der Waals surface area contributed by atoms with Crippen LogP contribution in [-0.4, -0.2) is 92.0 Å². The van der Waals surface area contributed by atoms with E-state index >= 15 is 0 Å². The van der Waals surface area contributed by atoms with E-state index in [1.165, 1.54) is 4.52 Å². The monoisotopic (exact) mass is 529 g/mol. The van der Waals surface area contributed by atoms with E-state index < -0.39 is 6.43 Å². The van der Waals surface area contributed by atoms with Crippen LogP contribution in [0.25, 0.3) is 17.4 Å². The predicted octanol–water partition coefficient (Wildman–Crippen LogP) is 2.55. The molecule has 3 aromatic heterocycles. The molecule has 3 fully saturated rings. The van der Waals surface area contributed by atoms with Crippen molar-refractivity contribution >= 4 is 23.6 Å². The second-order valence-corrected chi connectivity index (χ2v) is 10.5. The van der Waals surface area contributed by atoms with Crippen molar-refractivity contribution in [2.24, 2.45) is 11.8 Å². The van der Waals surface area contributed by atoms with Crippen LogP contribution in [0.2, 0.25) is 0 Å². The smallest absolute Gasteiger partial charge is 0.259 e. The molecule has 38 heavy (non-hydrogen) atoms. The van der Waals surface area contributed by atoms with Crippen molar-refractivity contribution in [2.75, 3.05) is 49.9 Å². The molecule has 0 bridgehead atoms. The number of hydrogen-bond donors (Lipinski definition) is 1. The molecule has 3 saturated heterocycles. The van der Waals surface area contributed by atoms with Crippen LogP contribution in [0.3, 0.4) is 0 Å². The van der Waals surface area contributed by atoms with Gasteiger partial charge < -0.3 is 20.0 Å². The highest BCUT2D eigenvalue weighted by Crippen LogP contribution is 2.34. The van der Waals surface area contributed by atoms with Crippen molar-refractivity contribution in [1.29, 1.82) is 0 Å². The van der Waals surface area contributed by atoms with Crippen LogP contribution in [0.4, 0.5) is 20.7 Å². The highest BCUT2D eigenvalue weighted by molar-refractivity contribution is 5.85. The molecule has 6 rings (SSSR count). The largest absolute Gasteiger partial charge is 0.461 e. The summed E-state index contributed by atoms with van der Waals surface area (Å²) in [5.41, 5.74) is 6.19. The third-order valence-corrected chi connectivity index (χ3v) is 8.30. The number of hydrogen-bond acceptors (Lipinski definition) is 9. The van der Waals surface area contributed by atoms with Gasteiger partial charge >= 0.3 is 0 Å².